The number of carboxylic acid groups (broad SMARTS) is 1. The predicted octanol–water partition coefficient (Wildman–Crippen LogP) is 1.34. The first-order chi connectivity index (χ1) is 17.6. The first-order valence-electron chi connectivity index (χ1n) is 12.1. The summed E-state index contributed by atoms with van der Waals surface area (Å²) in [6.45, 7) is 5.69. The van der Waals surface area contributed by atoms with Gasteiger partial charge in [-0.15, -0.1) is 0 Å². The maximum Gasteiger partial charge on any atom is 1.00 e. The number of aliphatic hydroxyl groups is 2. The fourth-order valence-corrected chi connectivity index (χ4v) is 4.05. The molecule has 0 radical (unpaired) electrons. The monoisotopic (exact) mass is 533 g/mol. The van der Waals surface area contributed by atoms with E-state index < -0.39 is 30.4 Å². The van der Waals surface area contributed by atoms with Crippen LogP contribution in [-0.4, -0.2) is 49.2 Å². The molecule has 0 fully saturated rings. The molecule has 0 saturated heterocycles. The number of nitrogens with one attached hydrogen (secondary N) is 1. The van der Waals surface area contributed by atoms with Crippen LogP contribution >= 0.6 is 0 Å². The number of rotatable bonds is 11. The van der Waals surface area contributed by atoms with Gasteiger partial charge in [0.25, 0.3) is 5.91 Å². The zero-order valence-corrected chi connectivity index (χ0v) is 24.0. The first-order valence-corrected chi connectivity index (χ1v) is 12.1. The SMILES string of the molecule is CC(C)c1c(C(=O)NC(C)c2ccccc2)nn(-c2ccc(F)cc2)c1C=C[C@H](O)C[C@@H](O)CC(=O)O.[H-].[Na+]. The van der Waals surface area contributed by atoms with Crippen molar-refractivity contribution in [2.45, 2.75) is 57.8 Å². The van der Waals surface area contributed by atoms with E-state index in [-0.39, 0.29) is 61.0 Å². The van der Waals surface area contributed by atoms with E-state index in [1.165, 1.54) is 35.0 Å². The summed E-state index contributed by atoms with van der Waals surface area (Å²) in [7, 11) is 0. The van der Waals surface area contributed by atoms with Crippen molar-refractivity contribution in [2.75, 3.05) is 0 Å². The van der Waals surface area contributed by atoms with Gasteiger partial charge in [0, 0.05) is 12.0 Å². The van der Waals surface area contributed by atoms with Crippen molar-refractivity contribution in [3.05, 3.63) is 89.0 Å². The summed E-state index contributed by atoms with van der Waals surface area (Å²) < 4.78 is 15.1. The summed E-state index contributed by atoms with van der Waals surface area (Å²) in [5.74, 6) is -2.11. The van der Waals surface area contributed by atoms with Crippen LogP contribution in [0, 0.1) is 5.82 Å². The van der Waals surface area contributed by atoms with Crippen LogP contribution in [0.5, 0.6) is 0 Å². The summed E-state index contributed by atoms with van der Waals surface area (Å²) in [6.07, 6.45) is -0.0129. The van der Waals surface area contributed by atoms with Crippen molar-refractivity contribution in [1.29, 1.82) is 0 Å². The normalized spacial score (nSPS) is 13.7. The Morgan fingerprint density at radius 1 is 1.08 bits per heavy atom. The van der Waals surface area contributed by atoms with E-state index >= 15 is 0 Å². The fraction of sp³-hybridized carbons (Fsp3) is 0.321. The molecule has 1 unspecified atom stereocenters. The predicted molar refractivity (Wildman–Crippen MR) is 139 cm³/mol. The molecule has 0 aliphatic carbocycles. The quantitative estimate of drug-likeness (QED) is 0.276. The number of carboxylic acids is 1. The van der Waals surface area contributed by atoms with Crippen molar-refractivity contribution >= 4 is 18.0 Å². The third-order valence-corrected chi connectivity index (χ3v) is 5.87. The third-order valence-electron chi connectivity index (χ3n) is 5.87. The van der Waals surface area contributed by atoms with E-state index in [0.717, 1.165) is 5.56 Å². The number of aromatic nitrogens is 2. The molecule has 198 valence electrons. The molecule has 2 aromatic carbocycles. The molecule has 0 bridgehead atoms. The Morgan fingerprint density at radius 3 is 2.29 bits per heavy atom. The van der Waals surface area contributed by atoms with Gasteiger partial charge in [0.2, 0.25) is 0 Å². The Balaban J connectivity index is 0.00000380. The molecule has 1 aromatic heterocycles. The Labute approximate surface area is 245 Å². The maximum absolute atomic E-state index is 13.6. The van der Waals surface area contributed by atoms with Gasteiger partial charge in [-0.3, -0.25) is 9.59 Å². The van der Waals surface area contributed by atoms with Crippen LogP contribution in [0.15, 0.2) is 60.7 Å². The summed E-state index contributed by atoms with van der Waals surface area (Å²) in [5, 5.41) is 36.6. The number of benzene rings is 2. The second kappa shape index (κ2) is 14.4. The average Bonchev–Trinajstić information content (AvgIpc) is 3.23. The molecule has 0 saturated carbocycles. The van der Waals surface area contributed by atoms with E-state index in [4.69, 9.17) is 5.11 Å². The Kier molecular flexibility index (Phi) is 11.9. The van der Waals surface area contributed by atoms with Gasteiger partial charge in [-0.05, 0) is 48.7 Å². The average molecular weight is 534 g/mol. The summed E-state index contributed by atoms with van der Waals surface area (Å²) in [5.41, 5.74) is 2.77. The maximum atomic E-state index is 13.6. The van der Waals surface area contributed by atoms with Gasteiger partial charge in [-0.25, -0.2) is 9.07 Å². The van der Waals surface area contributed by atoms with E-state index in [9.17, 15) is 24.2 Å². The summed E-state index contributed by atoms with van der Waals surface area (Å²) >= 11 is 0. The minimum atomic E-state index is -1.22. The van der Waals surface area contributed by atoms with Crippen molar-refractivity contribution in [2.24, 2.45) is 0 Å². The summed E-state index contributed by atoms with van der Waals surface area (Å²) in [6, 6.07) is 14.9. The number of carbonyl (C=O) groups excluding carboxylic acids is 1. The Bertz CT molecular complexity index is 1250. The van der Waals surface area contributed by atoms with Crippen LogP contribution in [0.1, 0.15) is 74.3 Å². The van der Waals surface area contributed by atoms with Crippen LogP contribution < -0.4 is 34.9 Å². The molecule has 0 aliphatic rings. The molecule has 3 atom stereocenters. The third kappa shape index (κ3) is 8.34. The van der Waals surface area contributed by atoms with Gasteiger partial charge in [0.05, 0.1) is 36.1 Å². The molecule has 3 rings (SSSR count). The molecular weight excluding hydrogens is 500 g/mol. The molecule has 0 spiro atoms. The Hall–Kier alpha value is -2.82. The number of nitrogens with zero attached hydrogens (tertiary/aromatic N) is 2. The zero-order chi connectivity index (χ0) is 27.1. The van der Waals surface area contributed by atoms with Crippen LogP contribution in [0.25, 0.3) is 11.8 Å². The van der Waals surface area contributed by atoms with Gasteiger partial charge in [-0.1, -0.05) is 50.3 Å². The second-order valence-corrected chi connectivity index (χ2v) is 9.21. The molecule has 1 amide bonds. The number of aliphatic hydroxyl groups excluding tert-OH is 2. The molecular formula is C28H33FN3NaO5. The van der Waals surface area contributed by atoms with Crippen LogP contribution in [0.4, 0.5) is 4.39 Å². The number of hydrogen-bond donors (Lipinski definition) is 4. The molecule has 1 heterocycles. The number of carbonyl (C=O) groups is 2. The van der Waals surface area contributed by atoms with E-state index in [2.05, 4.69) is 10.4 Å². The molecule has 10 heteroatoms. The fourth-order valence-electron chi connectivity index (χ4n) is 4.05. The first kappa shape index (κ1) is 31.4. The van der Waals surface area contributed by atoms with Crippen LogP contribution in [0.2, 0.25) is 0 Å². The van der Waals surface area contributed by atoms with Crippen LogP contribution in [0.3, 0.4) is 0 Å². The molecule has 0 aliphatic heterocycles. The van der Waals surface area contributed by atoms with Crippen molar-refractivity contribution in [3.8, 4) is 5.69 Å². The second-order valence-electron chi connectivity index (χ2n) is 9.21. The van der Waals surface area contributed by atoms with Gasteiger partial charge in [0.1, 0.15) is 5.82 Å². The number of amides is 1. The minimum absolute atomic E-state index is 0. The topological polar surface area (TPSA) is 125 Å². The number of hydrogen-bond acceptors (Lipinski definition) is 5. The molecule has 4 N–H and O–H groups in total. The van der Waals surface area contributed by atoms with Gasteiger partial charge >= 0.3 is 35.5 Å². The largest absolute Gasteiger partial charge is 1.00 e. The standard InChI is InChI=1S/C28H32FN3O5.Na.H/c1-17(2)26-24(14-13-22(33)15-23(34)16-25(35)36)32(21-11-9-20(29)10-12-21)31-27(26)28(37)30-18(3)19-7-5-4-6-8-19;;/h4-14,17-18,22-23,33-34H,15-16H2,1-3H3,(H,30,37)(H,35,36);;/q;+1;-1/t18?,22-,23+;;/m0../s1. The minimum Gasteiger partial charge on any atom is -1.00 e. The zero-order valence-electron chi connectivity index (χ0n) is 23.0. The summed E-state index contributed by atoms with van der Waals surface area (Å²) in [4.78, 5) is 24.2. The van der Waals surface area contributed by atoms with Crippen LogP contribution in [-0.2, 0) is 4.79 Å². The van der Waals surface area contributed by atoms with Crippen molar-refractivity contribution in [3.63, 3.8) is 0 Å². The van der Waals surface area contributed by atoms with E-state index in [1.807, 2.05) is 51.1 Å². The smallest absolute Gasteiger partial charge is 1.00 e. The molecule has 3 aromatic rings. The molecule has 8 nitrogen and oxygen atoms in total. The van der Waals surface area contributed by atoms with Gasteiger partial charge in [-0.2, -0.15) is 5.10 Å². The number of aliphatic carboxylic acids is 1. The van der Waals surface area contributed by atoms with Crippen molar-refractivity contribution < 1.29 is 60.3 Å². The van der Waals surface area contributed by atoms with Gasteiger partial charge < -0.3 is 22.1 Å². The van der Waals surface area contributed by atoms with E-state index in [1.54, 1.807) is 6.08 Å². The van der Waals surface area contributed by atoms with E-state index in [0.29, 0.717) is 16.9 Å². The number of halogens is 1. The Morgan fingerprint density at radius 2 is 1.71 bits per heavy atom. The van der Waals surface area contributed by atoms with Gasteiger partial charge in [0.15, 0.2) is 5.69 Å². The molecule has 38 heavy (non-hydrogen) atoms. The van der Waals surface area contributed by atoms with Crippen molar-refractivity contribution in [1.82, 2.24) is 15.1 Å².